The van der Waals surface area contributed by atoms with E-state index in [0.29, 0.717) is 18.7 Å². The Bertz CT molecular complexity index is 1080. The van der Waals surface area contributed by atoms with Crippen molar-refractivity contribution in [2.75, 3.05) is 19.6 Å². The van der Waals surface area contributed by atoms with Crippen molar-refractivity contribution in [2.45, 2.75) is 36.6 Å². The van der Waals surface area contributed by atoms with E-state index in [-0.39, 0.29) is 35.2 Å². The summed E-state index contributed by atoms with van der Waals surface area (Å²) in [5.41, 5.74) is 0.707. The molecule has 0 aliphatic carbocycles. The van der Waals surface area contributed by atoms with E-state index < -0.39 is 25.9 Å². The lowest BCUT2D eigenvalue weighted by Crippen LogP contribution is -2.31. The first kappa shape index (κ1) is 24.9. The lowest BCUT2D eigenvalue weighted by Gasteiger charge is -2.18. The zero-order chi connectivity index (χ0) is 23.1. The minimum Gasteiger partial charge on any atom is -0.352 e. The van der Waals surface area contributed by atoms with Gasteiger partial charge in [-0.1, -0.05) is 26.0 Å². The number of nitrogens with one attached hydrogen (secondary N) is 2. The highest BCUT2D eigenvalue weighted by Crippen LogP contribution is 2.16. The quantitative estimate of drug-likeness (QED) is 0.519. The second-order valence-electron chi connectivity index (χ2n) is 6.61. The maximum Gasteiger partial charge on any atom is 0.243 e. The first-order valence-corrected chi connectivity index (χ1v) is 12.6. The van der Waals surface area contributed by atoms with Crippen LogP contribution in [0.1, 0.15) is 25.8 Å². The third-order valence-electron chi connectivity index (χ3n) is 4.52. The number of hydrogen-bond acceptors (Lipinski definition) is 5. The molecule has 0 aromatic heterocycles. The van der Waals surface area contributed by atoms with Gasteiger partial charge in [-0.15, -0.1) is 0 Å². The second-order valence-corrected chi connectivity index (χ2v) is 10.3. The Hall–Kier alpha value is -2.34. The minimum atomic E-state index is -3.83. The summed E-state index contributed by atoms with van der Waals surface area (Å²) in [5.74, 6) is -0.918. The topological polar surface area (TPSA) is 113 Å². The van der Waals surface area contributed by atoms with Gasteiger partial charge in [-0.3, -0.25) is 4.79 Å². The number of amides is 1. The second kappa shape index (κ2) is 10.8. The fraction of sp³-hybridized carbons (Fsp3) is 0.350. The van der Waals surface area contributed by atoms with Gasteiger partial charge in [0.15, 0.2) is 0 Å². The minimum absolute atomic E-state index is 0.0884. The molecule has 1 amide bonds. The number of rotatable bonds is 11. The van der Waals surface area contributed by atoms with Crippen molar-refractivity contribution in [3.05, 3.63) is 59.9 Å². The molecule has 31 heavy (non-hydrogen) atoms. The van der Waals surface area contributed by atoms with Gasteiger partial charge in [0.2, 0.25) is 26.0 Å². The van der Waals surface area contributed by atoms with E-state index in [4.69, 9.17) is 0 Å². The van der Waals surface area contributed by atoms with Crippen molar-refractivity contribution in [2.24, 2.45) is 0 Å². The van der Waals surface area contributed by atoms with E-state index in [9.17, 15) is 26.0 Å². The molecule has 0 heterocycles. The summed E-state index contributed by atoms with van der Waals surface area (Å²) in [7, 11) is -7.37. The van der Waals surface area contributed by atoms with Crippen LogP contribution in [0.2, 0.25) is 0 Å². The SMILES string of the molecule is CCN(CC)S(=O)(=O)c1ccc(CNC(=O)CCNS(=O)(=O)c2ccc(F)cc2)cc1. The lowest BCUT2D eigenvalue weighted by molar-refractivity contribution is -0.121. The molecule has 0 atom stereocenters. The van der Waals surface area contributed by atoms with Crippen LogP contribution in [-0.4, -0.2) is 46.7 Å². The van der Waals surface area contributed by atoms with Crippen LogP contribution in [0, 0.1) is 5.82 Å². The molecule has 170 valence electrons. The molecule has 0 fully saturated rings. The molecule has 0 unspecified atom stereocenters. The first-order chi connectivity index (χ1) is 14.6. The van der Waals surface area contributed by atoms with Crippen molar-refractivity contribution in [3.8, 4) is 0 Å². The Morgan fingerprint density at radius 2 is 1.45 bits per heavy atom. The average molecular weight is 472 g/mol. The normalized spacial score (nSPS) is 12.1. The Kier molecular flexibility index (Phi) is 8.69. The van der Waals surface area contributed by atoms with Gasteiger partial charge < -0.3 is 5.32 Å². The molecular formula is C20H26FN3O5S2. The fourth-order valence-corrected chi connectivity index (χ4v) is 5.27. The summed E-state index contributed by atoms with van der Waals surface area (Å²) in [4.78, 5) is 12.1. The number of carbonyl (C=O) groups excluding carboxylic acids is 1. The summed E-state index contributed by atoms with van der Waals surface area (Å²) in [6.07, 6.45) is -0.0884. The number of hydrogen-bond donors (Lipinski definition) is 2. The van der Waals surface area contributed by atoms with Gasteiger partial charge in [0.25, 0.3) is 0 Å². The van der Waals surface area contributed by atoms with Gasteiger partial charge in [-0.25, -0.2) is 25.9 Å². The van der Waals surface area contributed by atoms with Crippen LogP contribution in [0.5, 0.6) is 0 Å². The van der Waals surface area contributed by atoms with Crippen LogP contribution in [-0.2, 0) is 31.4 Å². The van der Waals surface area contributed by atoms with Crippen LogP contribution in [0.25, 0.3) is 0 Å². The van der Waals surface area contributed by atoms with Gasteiger partial charge in [0.1, 0.15) is 5.82 Å². The standard InChI is InChI=1S/C20H26FN3O5S2/c1-3-24(4-2)31(28,29)19-9-5-16(6-10-19)15-22-20(25)13-14-23-30(26,27)18-11-7-17(21)8-12-18/h5-12,23H,3-4,13-15H2,1-2H3,(H,22,25). The number of nitrogens with zero attached hydrogens (tertiary/aromatic N) is 1. The maximum atomic E-state index is 12.9. The molecular weight excluding hydrogens is 445 g/mol. The van der Waals surface area contributed by atoms with Gasteiger partial charge in [0.05, 0.1) is 9.79 Å². The van der Waals surface area contributed by atoms with E-state index in [2.05, 4.69) is 10.0 Å². The predicted molar refractivity (Wildman–Crippen MR) is 115 cm³/mol. The number of benzene rings is 2. The molecule has 8 nitrogen and oxygen atoms in total. The highest BCUT2D eigenvalue weighted by atomic mass is 32.2. The largest absolute Gasteiger partial charge is 0.352 e. The first-order valence-electron chi connectivity index (χ1n) is 9.71. The van der Waals surface area contributed by atoms with Crippen molar-refractivity contribution in [3.63, 3.8) is 0 Å². The van der Waals surface area contributed by atoms with Crippen molar-refractivity contribution in [1.29, 1.82) is 0 Å². The smallest absolute Gasteiger partial charge is 0.243 e. The van der Waals surface area contributed by atoms with Crippen molar-refractivity contribution < 1.29 is 26.0 Å². The van der Waals surface area contributed by atoms with Gasteiger partial charge >= 0.3 is 0 Å². The predicted octanol–water partition coefficient (Wildman–Crippen LogP) is 1.84. The molecule has 2 aromatic carbocycles. The molecule has 2 rings (SSSR count). The monoisotopic (exact) mass is 471 g/mol. The Balaban J connectivity index is 1.84. The molecule has 0 aliphatic rings. The van der Waals surface area contributed by atoms with Gasteiger partial charge in [-0.05, 0) is 42.0 Å². The molecule has 0 saturated heterocycles. The van der Waals surface area contributed by atoms with Crippen LogP contribution in [0.15, 0.2) is 58.3 Å². The zero-order valence-electron chi connectivity index (χ0n) is 17.3. The summed E-state index contributed by atoms with van der Waals surface area (Å²) >= 11 is 0. The summed E-state index contributed by atoms with van der Waals surface area (Å²) in [6.45, 7) is 4.35. The van der Waals surface area contributed by atoms with Crippen LogP contribution in [0.3, 0.4) is 0 Å². The highest BCUT2D eigenvalue weighted by molar-refractivity contribution is 7.89. The van der Waals surface area contributed by atoms with E-state index >= 15 is 0 Å². The maximum absolute atomic E-state index is 12.9. The molecule has 0 saturated carbocycles. The van der Waals surface area contributed by atoms with E-state index in [1.807, 2.05) is 0 Å². The van der Waals surface area contributed by atoms with Crippen LogP contribution < -0.4 is 10.0 Å². The molecule has 0 radical (unpaired) electrons. The Morgan fingerprint density at radius 3 is 2.00 bits per heavy atom. The Labute approximate surface area is 182 Å². The molecule has 2 N–H and O–H groups in total. The number of carbonyl (C=O) groups is 1. The lowest BCUT2D eigenvalue weighted by atomic mass is 10.2. The van der Waals surface area contributed by atoms with Crippen LogP contribution >= 0.6 is 0 Å². The number of halogens is 1. The number of sulfonamides is 2. The third-order valence-corrected chi connectivity index (χ3v) is 8.07. The molecule has 2 aromatic rings. The molecule has 0 bridgehead atoms. The summed E-state index contributed by atoms with van der Waals surface area (Å²) in [6, 6.07) is 10.6. The zero-order valence-corrected chi connectivity index (χ0v) is 19.0. The van der Waals surface area contributed by atoms with E-state index in [0.717, 1.165) is 24.3 Å². The fourth-order valence-electron chi connectivity index (χ4n) is 2.78. The molecule has 0 aliphatic heterocycles. The molecule has 11 heteroatoms. The van der Waals surface area contributed by atoms with E-state index in [1.54, 1.807) is 26.0 Å². The van der Waals surface area contributed by atoms with Crippen molar-refractivity contribution >= 4 is 26.0 Å². The molecule has 0 spiro atoms. The average Bonchev–Trinajstić information content (AvgIpc) is 2.73. The van der Waals surface area contributed by atoms with E-state index in [1.165, 1.54) is 16.4 Å². The van der Waals surface area contributed by atoms with Crippen molar-refractivity contribution in [1.82, 2.24) is 14.3 Å². The van der Waals surface area contributed by atoms with Crippen LogP contribution in [0.4, 0.5) is 4.39 Å². The van der Waals surface area contributed by atoms with Gasteiger partial charge in [-0.2, -0.15) is 4.31 Å². The summed E-state index contributed by atoms with van der Waals surface area (Å²) in [5, 5.41) is 2.65. The van der Waals surface area contributed by atoms with Gasteiger partial charge in [0, 0.05) is 32.6 Å². The highest BCUT2D eigenvalue weighted by Gasteiger charge is 2.21. The summed E-state index contributed by atoms with van der Waals surface area (Å²) < 4.78 is 65.7. The Morgan fingerprint density at radius 1 is 0.903 bits per heavy atom. The third kappa shape index (κ3) is 6.82.